The molecule has 10 nitrogen and oxygen atoms in total. The minimum absolute atomic E-state index is 0.116. The van der Waals surface area contributed by atoms with Gasteiger partial charge in [-0.25, -0.2) is 9.78 Å². The lowest BCUT2D eigenvalue weighted by molar-refractivity contribution is -0.132. The van der Waals surface area contributed by atoms with Gasteiger partial charge in [-0.3, -0.25) is 14.5 Å². The van der Waals surface area contributed by atoms with Gasteiger partial charge in [0.05, 0.1) is 44.2 Å². The molecule has 1 atom stereocenters. The van der Waals surface area contributed by atoms with Crippen molar-refractivity contribution in [3.05, 3.63) is 69.7 Å². The number of methoxy groups -OCH3 is 1. The van der Waals surface area contributed by atoms with Crippen LogP contribution >= 0.6 is 11.3 Å². The van der Waals surface area contributed by atoms with Crippen LogP contribution in [0.25, 0.3) is 5.76 Å². The van der Waals surface area contributed by atoms with Crippen molar-refractivity contribution in [1.29, 1.82) is 0 Å². The lowest BCUT2D eigenvalue weighted by Crippen LogP contribution is -2.29. The van der Waals surface area contributed by atoms with E-state index in [4.69, 9.17) is 18.9 Å². The number of aryl methyl sites for hydroxylation is 1. The van der Waals surface area contributed by atoms with Crippen LogP contribution in [-0.2, 0) is 14.3 Å². The zero-order chi connectivity index (χ0) is 29.7. The van der Waals surface area contributed by atoms with Crippen molar-refractivity contribution in [1.82, 2.24) is 4.98 Å². The number of aliphatic hydroxyl groups is 1. The van der Waals surface area contributed by atoms with Crippen LogP contribution in [0.2, 0.25) is 0 Å². The molecule has 41 heavy (non-hydrogen) atoms. The molecule has 4 rings (SSSR count). The van der Waals surface area contributed by atoms with Crippen molar-refractivity contribution in [2.75, 3.05) is 31.8 Å². The van der Waals surface area contributed by atoms with Gasteiger partial charge in [-0.05, 0) is 69.2 Å². The Kier molecular flexibility index (Phi) is 9.28. The molecule has 1 saturated heterocycles. The molecule has 0 spiro atoms. The number of carbonyl (C=O) groups excluding carboxylic acids is 3. The lowest BCUT2D eigenvalue weighted by atomic mass is 9.95. The summed E-state index contributed by atoms with van der Waals surface area (Å²) in [6.45, 7) is 8.60. The van der Waals surface area contributed by atoms with Gasteiger partial charge >= 0.3 is 11.9 Å². The third-order valence-corrected chi connectivity index (χ3v) is 7.43. The normalized spacial score (nSPS) is 16.1. The Morgan fingerprint density at radius 3 is 2.34 bits per heavy atom. The second-order valence-corrected chi connectivity index (χ2v) is 9.99. The predicted molar refractivity (Wildman–Crippen MR) is 154 cm³/mol. The number of thiazole rings is 1. The molecular weight excluding hydrogens is 548 g/mol. The number of aliphatic hydroxyl groups excluding tert-OH is 1. The van der Waals surface area contributed by atoms with E-state index in [2.05, 4.69) is 4.98 Å². The number of hydrogen-bond donors (Lipinski definition) is 1. The van der Waals surface area contributed by atoms with Crippen molar-refractivity contribution in [3.8, 4) is 17.2 Å². The number of benzene rings is 2. The Morgan fingerprint density at radius 1 is 1.00 bits per heavy atom. The molecule has 0 bridgehead atoms. The number of amides is 1. The summed E-state index contributed by atoms with van der Waals surface area (Å²) >= 11 is 0.930. The second kappa shape index (κ2) is 12.9. The molecule has 1 unspecified atom stereocenters. The lowest BCUT2D eigenvalue weighted by Gasteiger charge is -2.24. The van der Waals surface area contributed by atoms with E-state index in [1.807, 2.05) is 20.8 Å². The number of ketones is 1. The molecular formula is C30H32N2O8S. The molecule has 1 amide bonds. The Labute approximate surface area is 242 Å². The topological polar surface area (TPSA) is 124 Å². The number of rotatable bonds is 11. The highest BCUT2D eigenvalue weighted by Gasteiger charge is 2.48. The SMILES string of the molecule is CCCOc1ccc(C2C(=C(O)c3ccc(OCC)cc3)C(=O)C(=O)N2c2nc(C)c(C(=O)OC)s2)cc1OCC. The van der Waals surface area contributed by atoms with Gasteiger partial charge in [-0.2, -0.15) is 0 Å². The summed E-state index contributed by atoms with van der Waals surface area (Å²) in [5, 5.41) is 11.6. The third kappa shape index (κ3) is 5.90. The van der Waals surface area contributed by atoms with Crippen LogP contribution in [0.3, 0.4) is 0 Å². The van der Waals surface area contributed by atoms with E-state index in [1.54, 1.807) is 49.4 Å². The molecule has 0 radical (unpaired) electrons. The fraction of sp³-hybridized carbons (Fsp3) is 0.333. The largest absolute Gasteiger partial charge is 0.507 e. The molecule has 2 aromatic carbocycles. The first-order valence-electron chi connectivity index (χ1n) is 13.2. The van der Waals surface area contributed by atoms with Crippen LogP contribution in [0.5, 0.6) is 17.2 Å². The first kappa shape index (κ1) is 29.6. The van der Waals surface area contributed by atoms with Crippen LogP contribution in [0, 0.1) is 6.92 Å². The zero-order valence-electron chi connectivity index (χ0n) is 23.6. The molecule has 0 aliphatic carbocycles. The maximum atomic E-state index is 13.6. The molecule has 3 aromatic rings. The Balaban J connectivity index is 1.92. The highest BCUT2D eigenvalue weighted by atomic mass is 32.1. The first-order chi connectivity index (χ1) is 19.7. The Bertz CT molecular complexity index is 1480. The van der Waals surface area contributed by atoms with Crippen LogP contribution in [-0.4, -0.2) is 54.7 Å². The monoisotopic (exact) mass is 580 g/mol. The fourth-order valence-electron chi connectivity index (χ4n) is 4.44. The fourth-order valence-corrected chi connectivity index (χ4v) is 5.45. The van der Waals surface area contributed by atoms with Crippen molar-refractivity contribution >= 4 is 39.9 Å². The van der Waals surface area contributed by atoms with Gasteiger partial charge < -0.3 is 24.1 Å². The maximum absolute atomic E-state index is 13.6. The number of carbonyl (C=O) groups is 3. The van der Waals surface area contributed by atoms with Crippen molar-refractivity contribution in [2.45, 2.75) is 40.2 Å². The van der Waals surface area contributed by atoms with Crippen LogP contribution in [0.15, 0.2) is 48.0 Å². The second-order valence-electron chi connectivity index (χ2n) is 9.02. The van der Waals surface area contributed by atoms with Gasteiger partial charge in [-0.1, -0.05) is 24.3 Å². The Hall–Kier alpha value is -4.38. The van der Waals surface area contributed by atoms with E-state index in [0.717, 1.165) is 17.8 Å². The summed E-state index contributed by atoms with van der Waals surface area (Å²) in [6, 6.07) is 10.6. The van der Waals surface area contributed by atoms with Crippen LogP contribution in [0.1, 0.15) is 59.7 Å². The molecule has 0 saturated carbocycles. The minimum Gasteiger partial charge on any atom is -0.507 e. The third-order valence-electron chi connectivity index (χ3n) is 6.29. The summed E-state index contributed by atoms with van der Waals surface area (Å²) in [5.74, 6) is -1.21. The summed E-state index contributed by atoms with van der Waals surface area (Å²) in [6.07, 6.45) is 0.793. The van der Waals surface area contributed by atoms with E-state index in [0.29, 0.717) is 53.9 Å². The summed E-state index contributed by atoms with van der Waals surface area (Å²) in [4.78, 5) is 45.3. The highest BCUT2D eigenvalue weighted by molar-refractivity contribution is 7.17. The van der Waals surface area contributed by atoms with Gasteiger partial charge in [-0.15, -0.1) is 0 Å². The average molecular weight is 581 g/mol. The summed E-state index contributed by atoms with van der Waals surface area (Å²) < 4.78 is 22.0. The number of ether oxygens (including phenoxy) is 4. The number of aromatic nitrogens is 1. The van der Waals surface area contributed by atoms with Gasteiger partial charge in [0.15, 0.2) is 16.6 Å². The minimum atomic E-state index is -1.07. The first-order valence-corrected chi connectivity index (χ1v) is 14.1. The summed E-state index contributed by atoms with van der Waals surface area (Å²) in [5.41, 5.74) is 1.03. The van der Waals surface area contributed by atoms with E-state index in [9.17, 15) is 19.5 Å². The number of anilines is 1. The highest BCUT2D eigenvalue weighted by Crippen LogP contribution is 2.45. The number of nitrogens with zero attached hydrogens (tertiary/aromatic N) is 2. The average Bonchev–Trinajstić information content (AvgIpc) is 3.48. The molecule has 216 valence electrons. The van der Waals surface area contributed by atoms with Crippen molar-refractivity contribution < 1.29 is 38.4 Å². The maximum Gasteiger partial charge on any atom is 0.350 e. The van der Waals surface area contributed by atoms with E-state index in [1.165, 1.54) is 12.0 Å². The van der Waals surface area contributed by atoms with Crippen LogP contribution < -0.4 is 19.1 Å². The van der Waals surface area contributed by atoms with E-state index in [-0.39, 0.29) is 21.3 Å². The quantitative estimate of drug-likeness (QED) is 0.136. The molecule has 2 heterocycles. The van der Waals surface area contributed by atoms with Gasteiger partial charge in [0.1, 0.15) is 16.4 Å². The molecule has 1 aliphatic heterocycles. The Morgan fingerprint density at radius 2 is 1.71 bits per heavy atom. The molecule has 1 N–H and O–H groups in total. The van der Waals surface area contributed by atoms with E-state index < -0.39 is 23.7 Å². The number of hydrogen-bond acceptors (Lipinski definition) is 10. The number of esters is 1. The van der Waals surface area contributed by atoms with Crippen molar-refractivity contribution in [2.24, 2.45) is 0 Å². The van der Waals surface area contributed by atoms with Crippen LogP contribution in [0.4, 0.5) is 5.13 Å². The van der Waals surface area contributed by atoms with Gasteiger partial charge in [0, 0.05) is 5.56 Å². The smallest absolute Gasteiger partial charge is 0.350 e. The van der Waals surface area contributed by atoms with E-state index >= 15 is 0 Å². The molecule has 1 aliphatic rings. The molecule has 1 fully saturated rings. The predicted octanol–water partition coefficient (Wildman–Crippen LogP) is 5.45. The standard InChI is InChI=1S/C30H32N2O8S/c1-6-15-40-21-14-11-19(16-22(21)39-8-3)24-23(25(33)18-9-12-20(13-10-18)38-7-2)26(34)28(35)32(24)30-31-17(4)27(41-30)29(36)37-5/h9-14,16,24,33H,6-8,15H2,1-5H3. The molecule has 1 aromatic heterocycles. The molecule has 11 heteroatoms. The van der Waals surface area contributed by atoms with Gasteiger partial charge in [0.2, 0.25) is 0 Å². The van der Waals surface area contributed by atoms with Crippen molar-refractivity contribution in [3.63, 3.8) is 0 Å². The number of Topliss-reactive ketones (excluding diaryl/α,β-unsaturated/α-hetero) is 1. The summed E-state index contributed by atoms with van der Waals surface area (Å²) in [7, 11) is 1.25. The zero-order valence-corrected chi connectivity index (χ0v) is 24.4. The van der Waals surface area contributed by atoms with Gasteiger partial charge in [0.25, 0.3) is 5.78 Å².